The number of benzene rings is 1. The van der Waals surface area contributed by atoms with Crippen molar-refractivity contribution in [1.82, 2.24) is 0 Å². The highest BCUT2D eigenvalue weighted by atomic mass is 16.5. The lowest BCUT2D eigenvalue weighted by molar-refractivity contribution is -0.161. The zero-order chi connectivity index (χ0) is 10.8. The SMILES string of the molecule is COC(C)(C(=O)O)c1cccc(N)c1. The smallest absolute Gasteiger partial charge is 0.340 e. The summed E-state index contributed by atoms with van der Waals surface area (Å²) < 4.78 is 4.99. The first-order chi connectivity index (χ1) is 6.50. The van der Waals surface area contributed by atoms with Gasteiger partial charge in [0.15, 0.2) is 5.60 Å². The summed E-state index contributed by atoms with van der Waals surface area (Å²) in [5.41, 5.74) is 5.28. The lowest BCUT2D eigenvalue weighted by Crippen LogP contribution is -2.34. The molecule has 1 aromatic carbocycles. The highest BCUT2D eigenvalue weighted by Crippen LogP contribution is 2.26. The van der Waals surface area contributed by atoms with Gasteiger partial charge in [0.05, 0.1) is 0 Å². The molecule has 0 saturated heterocycles. The molecule has 0 aliphatic heterocycles. The van der Waals surface area contributed by atoms with Crippen LogP contribution < -0.4 is 5.73 Å². The van der Waals surface area contributed by atoms with Gasteiger partial charge in [0.2, 0.25) is 0 Å². The molecule has 0 bridgehead atoms. The van der Waals surface area contributed by atoms with Crippen LogP contribution in [0.5, 0.6) is 0 Å². The van der Waals surface area contributed by atoms with Gasteiger partial charge in [-0.05, 0) is 24.6 Å². The van der Waals surface area contributed by atoms with Gasteiger partial charge in [0, 0.05) is 12.8 Å². The molecular weight excluding hydrogens is 182 g/mol. The molecule has 0 aliphatic rings. The Morgan fingerprint density at radius 2 is 2.21 bits per heavy atom. The van der Waals surface area contributed by atoms with E-state index in [2.05, 4.69) is 0 Å². The number of rotatable bonds is 3. The highest BCUT2D eigenvalue weighted by molar-refractivity contribution is 5.79. The number of methoxy groups -OCH3 is 1. The molecule has 0 aliphatic carbocycles. The number of ether oxygens (including phenoxy) is 1. The first kappa shape index (κ1) is 10.5. The molecule has 0 fully saturated rings. The van der Waals surface area contributed by atoms with Crippen LogP contribution in [0.2, 0.25) is 0 Å². The molecule has 4 nitrogen and oxygen atoms in total. The van der Waals surface area contributed by atoms with Crippen LogP contribution in [0.4, 0.5) is 5.69 Å². The topological polar surface area (TPSA) is 72.5 Å². The number of nitrogen functional groups attached to an aromatic ring is 1. The maximum Gasteiger partial charge on any atom is 0.340 e. The van der Waals surface area contributed by atoms with Gasteiger partial charge in [-0.2, -0.15) is 0 Å². The third kappa shape index (κ3) is 1.70. The predicted molar refractivity (Wildman–Crippen MR) is 52.9 cm³/mol. The van der Waals surface area contributed by atoms with Gasteiger partial charge in [0.1, 0.15) is 0 Å². The van der Waals surface area contributed by atoms with Crippen molar-refractivity contribution in [2.75, 3.05) is 12.8 Å². The van der Waals surface area contributed by atoms with E-state index in [-0.39, 0.29) is 0 Å². The minimum atomic E-state index is -1.34. The summed E-state index contributed by atoms with van der Waals surface area (Å²) in [5, 5.41) is 9.01. The average molecular weight is 195 g/mol. The fourth-order valence-corrected chi connectivity index (χ4v) is 1.16. The Kier molecular flexibility index (Phi) is 2.76. The van der Waals surface area contributed by atoms with E-state index in [0.717, 1.165) is 0 Å². The number of carboxylic acid groups (broad SMARTS) is 1. The second-order valence-electron chi connectivity index (χ2n) is 3.17. The highest BCUT2D eigenvalue weighted by Gasteiger charge is 2.35. The maximum atomic E-state index is 11.0. The van der Waals surface area contributed by atoms with Crippen molar-refractivity contribution in [2.24, 2.45) is 0 Å². The molecule has 0 saturated carbocycles. The molecule has 0 heterocycles. The average Bonchev–Trinajstić information content (AvgIpc) is 2.16. The van der Waals surface area contributed by atoms with E-state index in [1.165, 1.54) is 14.0 Å². The van der Waals surface area contributed by atoms with Gasteiger partial charge in [-0.25, -0.2) is 4.79 Å². The van der Waals surface area contributed by atoms with E-state index >= 15 is 0 Å². The molecule has 1 rings (SSSR count). The van der Waals surface area contributed by atoms with Crippen molar-refractivity contribution in [3.63, 3.8) is 0 Å². The Balaban J connectivity index is 3.19. The summed E-state index contributed by atoms with van der Waals surface area (Å²) in [6, 6.07) is 6.66. The lowest BCUT2D eigenvalue weighted by Gasteiger charge is -2.23. The number of carbonyl (C=O) groups is 1. The molecule has 3 N–H and O–H groups in total. The van der Waals surface area contributed by atoms with Crippen molar-refractivity contribution < 1.29 is 14.6 Å². The zero-order valence-corrected chi connectivity index (χ0v) is 8.15. The summed E-state index contributed by atoms with van der Waals surface area (Å²) in [4.78, 5) is 11.0. The van der Waals surface area contributed by atoms with Crippen molar-refractivity contribution >= 4 is 11.7 Å². The third-order valence-electron chi connectivity index (χ3n) is 2.25. The van der Waals surface area contributed by atoms with Gasteiger partial charge >= 0.3 is 5.97 Å². The fraction of sp³-hybridized carbons (Fsp3) is 0.300. The quantitative estimate of drug-likeness (QED) is 0.711. The molecule has 14 heavy (non-hydrogen) atoms. The molecular formula is C10H13NO3. The van der Waals surface area contributed by atoms with Crippen LogP contribution in [0.25, 0.3) is 0 Å². The van der Waals surface area contributed by atoms with Gasteiger partial charge in [-0.15, -0.1) is 0 Å². The first-order valence-electron chi connectivity index (χ1n) is 4.15. The van der Waals surface area contributed by atoms with Gasteiger partial charge < -0.3 is 15.6 Å². The van der Waals surface area contributed by atoms with Crippen LogP contribution in [0.1, 0.15) is 12.5 Å². The number of hydrogen-bond acceptors (Lipinski definition) is 3. The second-order valence-corrected chi connectivity index (χ2v) is 3.17. The number of aliphatic carboxylic acids is 1. The Bertz CT molecular complexity index is 351. The Morgan fingerprint density at radius 1 is 1.57 bits per heavy atom. The summed E-state index contributed by atoms with van der Waals surface area (Å²) in [6.45, 7) is 1.49. The number of nitrogens with two attached hydrogens (primary N) is 1. The number of hydrogen-bond donors (Lipinski definition) is 2. The van der Waals surface area contributed by atoms with Crippen molar-refractivity contribution in [2.45, 2.75) is 12.5 Å². The van der Waals surface area contributed by atoms with E-state index in [9.17, 15) is 4.79 Å². The molecule has 0 spiro atoms. The van der Waals surface area contributed by atoms with Crippen molar-refractivity contribution in [3.8, 4) is 0 Å². The van der Waals surface area contributed by atoms with Crippen LogP contribution >= 0.6 is 0 Å². The molecule has 0 amide bonds. The fourth-order valence-electron chi connectivity index (χ4n) is 1.16. The molecule has 0 aromatic heterocycles. The maximum absolute atomic E-state index is 11.0. The molecule has 76 valence electrons. The van der Waals surface area contributed by atoms with E-state index in [0.29, 0.717) is 11.3 Å². The van der Waals surface area contributed by atoms with Crippen LogP contribution in [-0.2, 0) is 15.1 Å². The second kappa shape index (κ2) is 3.67. The lowest BCUT2D eigenvalue weighted by atomic mass is 9.95. The van der Waals surface area contributed by atoms with Crippen LogP contribution in [0, 0.1) is 0 Å². The summed E-state index contributed by atoms with van der Waals surface area (Å²) in [6.07, 6.45) is 0. The molecule has 4 heteroatoms. The standard InChI is InChI=1S/C10H13NO3/c1-10(14-2,9(12)13)7-4-3-5-8(11)6-7/h3-6H,11H2,1-2H3,(H,12,13). The predicted octanol–water partition coefficient (Wildman–Crippen LogP) is 1.22. The van der Waals surface area contributed by atoms with E-state index in [1.54, 1.807) is 24.3 Å². The van der Waals surface area contributed by atoms with Crippen molar-refractivity contribution in [1.29, 1.82) is 0 Å². The normalized spacial score (nSPS) is 14.7. The summed E-state index contributed by atoms with van der Waals surface area (Å²) in [7, 11) is 1.36. The monoisotopic (exact) mass is 195 g/mol. The molecule has 1 atom stereocenters. The van der Waals surface area contributed by atoms with Gasteiger partial charge in [0.25, 0.3) is 0 Å². The first-order valence-corrected chi connectivity index (χ1v) is 4.15. The molecule has 0 radical (unpaired) electrons. The van der Waals surface area contributed by atoms with Crippen LogP contribution in [0.15, 0.2) is 24.3 Å². The zero-order valence-electron chi connectivity index (χ0n) is 8.15. The van der Waals surface area contributed by atoms with Gasteiger partial charge in [-0.1, -0.05) is 12.1 Å². The van der Waals surface area contributed by atoms with Gasteiger partial charge in [-0.3, -0.25) is 0 Å². The van der Waals surface area contributed by atoms with E-state index < -0.39 is 11.6 Å². The minimum Gasteiger partial charge on any atom is -0.479 e. The third-order valence-corrected chi connectivity index (χ3v) is 2.25. The molecule has 1 aromatic rings. The van der Waals surface area contributed by atoms with E-state index in [1.807, 2.05) is 0 Å². The number of anilines is 1. The largest absolute Gasteiger partial charge is 0.479 e. The van der Waals surface area contributed by atoms with Crippen molar-refractivity contribution in [3.05, 3.63) is 29.8 Å². The van der Waals surface area contributed by atoms with E-state index in [4.69, 9.17) is 15.6 Å². The summed E-state index contributed by atoms with van der Waals surface area (Å²) >= 11 is 0. The Morgan fingerprint density at radius 3 is 2.64 bits per heavy atom. The Labute approximate surface area is 82.3 Å². The van der Waals surface area contributed by atoms with Crippen LogP contribution in [0.3, 0.4) is 0 Å². The minimum absolute atomic E-state index is 0.520. The van der Waals surface area contributed by atoms with Crippen LogP contribution in [-0.4, -0.2) is 18.2 Å². The number of carboxylic acids is 1. The summed E-state index contributed by atoms with van der Waals surface area (Å²) in [5.74, 6) is -1.04. The Hall–Kier alpha value is -1.55. The molecule has 1 unspecified atom stereocenters.